The van der Waals surface area contributed by atoms with Gasteiger partial charge in [-0.2, -0.15) is 0 Å². The Bertz CT molecular complexity index is 460. The zero-order valence-corrected chi connectivity index (χ0v) is 13.2. The molecule has 0 aliphatic carbocycles. The molecule has 3 nitrogen and oxygen atoms in total. The molecule has 0 saturated carbocycles. The van der Waals surface area contributed by atoms with Crippen LogP contribution in [-0.4, -0.2) is 44.2 Å². The van der Waals surface area contributed by atoms with Gasteiger partial charge in [-0.15, -0.1) is 0 Å². The van der Waals surface area contributed by atoms with Crippen molar-refractivity contribution in [2.45, 2.75) is 13.0 Å². The van der Waals surface area contributed by atoms with Crippen molar-refractivity contribution in [1.82, 2.24) is 4.90 Å². The van der Waals surface area contributed by atoms with Gasteiger partial charge in [0.15, 0.2) is 0 Å². The Hall–Kier alpha value is -0.580. The molecule has 2 aliphatic heterocycles. The second-order valence-corrected chi connectivity index (χ2v) is 7.01. The molecule has 0 radical (unpaired) electrons. The zero-order valence-electron chi connectivity index (χ0n) is 11.6. The van der Waals surface area contributed by atoms with Crippen molar-refractivity contribution in [1.29, 1.82) is 0 Å². The maximum Gasteiger partial charge on any atom is 0.0377 e. The first kappa shape index (κ1) is 13.4. The fraction of sp³-hybridized carbons (Fsp3) is 0.600. The molecule has 2 bridgehead atoms. The molecule has 2 N–H and O–H groups in total. The monoisotopic (exact) mass is 323 g/mol. The number of nitrogens with zero attached hydrogens (tertiary/aromatic N) is 2. The molecule has 2 unspecified atom stereocenters. The molecule has 2 heterocycles. The molecule has 2 atom stereocenters. The predicted molar refractivity (Wildman–Crippen MR) is 83.5 cm³/mol. The average Bonchev–Trinajstić information content (AvgIpc) is 2.34. The molecule has 2 fully saturated rings. The summed E-state index contributed by atoms with van der Waals surface area (Å²) in [5.41, 5.74) is 8.99. The van der Waals surface area contributed by atoms with Crippen LogP contribution in [0.1, 0.15) is 5.56 Å². The second kappa shape index (κ2) is 5.08. The Morgan fingerprint density at radius 1 is 1.16 bits per heavy atom. The number of hydrogen-bond acceptors (Lipinski definition) is 3. The van der Waals surface area contributed by atoms with Crippen LogP contribution >= 0.6 is 15.9 Å². The molecule has 3 rings (SSSR count). The molecule has 4 heteroatoms. The molecule has 0 amide bonds. The minimum absolute atomic E-state index is 0.376. The van der Waals surface area contributed by atoms with E-state index < -0.39 is 0 Å². The summed E-state index contributed by atoms with van der Waals surface area (Å²) < 4.78 is 1.20. The fourth-order valence-electron chi connectivity index (χ4n) is 3.49. The van der Waals surface area contributed by atoms with Gasteiger partial charge in [-0.1, -0.05) is 22.0 Å². The van der Waals surface area contributed by atoms with E-state index in [9.17, 15) is 0 Å². The number of halogens is 1. The molecule has 0 aromatic heterocycles. The van der Waals surface area contributed by atoms with E-state index in [4.69, 9.17) is 5.73 Å². The highest BCUT2D eigenvalue weighted by molar-refractivity contribution is 9.10. The van der Waals surface area contributed by atoms with Gasteiger partial charge in [0.1, 0.15) is 0 Å². The van der Waals surface area contributed by atoms with Crippen molar-refractivity contribution in [3.05, 3.63) is 28.2 Å². The topological polar surface area (TPSA) is 32.5 Å². The number of benzene rings is 1. The highest BCUT2D eigenvalue weighted by Crippen LogP contribution is 2.32. The smallest absolute Gasteiger partial charge is 0.0377 e. The summed E-state index contributed by atoms with van der Waals surface area (Å²) >= 11 is 3.64. The summed E-state index contributed by atoms with van der Waals surface area (Å²) in [7, 11) is 2.21. The van der Waals surface area contributed by atoms with Crippen LogP contribution in [-0.2, 0) is 0 Å². The van der Waals surface area contributed by atoms with Crippen LogP contribution in [0.5, 0.6) is 0 Å². The van der Waals surface area contributed by atoms with E-state index in [2.05, 4.69) is 57.9 Å². The highest BCUT2D eigenvalue weighted by atomic mass is 79.9. The maximum absolute atomic E-state index is 6.38. The first-order valence-electron chi connectivity index (χ1n) is 7.00. The number of hydrogen-bond donors (Lipinski definition) is 1. The summed E-state index contributed by atoms with van der Waals surface area (Å²) in [4.78, 5) is 4.94. The van der Waals surface area contributed by atoms with Gasteiger partial charge in [0.2, 0.25) is 0 Å². The average molecular weight is 324 g/mol. The lowest BCUT2D eigenvalue weighted by Crippen LogP contribution is -2.62. The van der Waals surface area contributed by atoms with E-state index in [1.807, 2.05) is 0 Å². The lowest BCUT2D eigenvalue weighted by atomic mass is 9.80. The minimum atomic E-state index is 0.376. The van der Waals surface area contributed by atoms with Gasteiger partial charge in [0.25, 0.3) is 0 Å². The van der Waals surface area contributed by atoms with Gasteiger partial charge < -0.3 is 15.5 Å². The van der Waals surface area contributed by atoms with Gasteiger partial charge in [-0.05, 0) is 31.7 Å². The SMILES string of the molecule is Cc1ccc(N2CC3CN(C)CC(C2)C3N)cc1Br. The molecular weight excluding hydrogens is 302 g/mol. The Balaban J connectivity index is 1.82. The van der Waals surface area contributed by atoms with Crippen LogP contribution < -0.4 is 10.6 Å². The fourth-order valence-corrected chi connectivity index (χ4v) is 3.86. The van der Waals surface area contributed by atoms with Crippen molar-refractivity contribution in [2.75, 3.05) is 38.1 Å². The summed E-state index contributed by atoms with van der Waals surface area (Å²) in [6.45, 7) is 6.54. The normalized spacial score (nSPS) is 31.6. The van der Waals surface area contributed by atoms with Gasteiger partial charge in [0, 0.05) is 54.2 Å². The summed E-state index contributed by atoms with van der Waals surface area (Å²) in [5, 5.41) is 0. The second-order valence-electron chi connectivity index (χ2n) is 6.16. The number of rotatable bonds is 1. The van der Waals surface area contributed by atoms with E-state index >= 15 is 0 Å². The van der Waals surface area contributed by atoms with Crippen LogP contribution in [0, 0.1) is 18.8 Å². The third kappa shape index (κ3) is 2.54. The number of nitrogens with two attached hydrogens (primary N) is 1. The van der Waals surface area contributed by atoms with Gasteiger partial charge >= 0.3 is 0 Å². The first-order chi connectivity index (χ1) is 9.04. The molecule has 1 aromatic carbocycles. The Labute approximate surface area is 123 Å². The van der Waals surface area contributed by atoms with Crippen molar-refractivity contribution in [3.63, 3.8) is 0 Å². The van der Waals surface area contributed by atoms with E-state index in [0.717, 1.165) is 26.2 Å². The Morgan fingerprint density at radius 2 is 1.79 bits per heavy atom. The third-order valence-electron chi connectivity index (χ3n) is 4.61. The van der Waals surface area contributed by atoms with Gasteiger partial charge in [0.05, 0.1) is 0 Å². The number of aryl methyl sites for hydroxylation is 1. The standard InChI is InChI=1S/C15H22BrN3/c1-10-3-4-13(5-14(10)16)19-8-11-6-18(2)7-12(9-19)15(11)17/h3-5,11-12,15H,6-9,17H2,1-2H3. The number of anilines is 1. The molecule has 19 heavy (non-hydrogen) atoms. The van der Waals surface area contributed by atoms with Crippen LogP contribution in [0.2, 0.25) is 0 Å². The van der Waals surface area contributed by atoms with E-state index in [1.165, 1.54) is 15.7 Å². The highest BCUT2D eigenvalue weighted by Gasteiger charge is 2.39. The minimum Gasteiger partial charge on any atom is -0.371 e. The van der Waals surface area contributed by atoms with E-state index in [-0.39, 0.29) is 0 Å². The number of likely N-dealkylation sites (tertiary alicyclic amines) is 1. The van der Waals surface area contributed by atoms with Crippen LogP contribution in [0.15, 0.2) is 22.7 Å². The van der Waals surface area contributed by atoms with Crippen LogP contribution in [0.3, 0.4) is 0 Å². The van der Waals surface area contributed by atoms with Gasteiger partial charge in [-0.25, -0.2) is 0 Å². The van der Waals surface area contributed by atoms with Crippen molar-refractivity contribution < 1.29 is 0 Å². The zero-order chi connectivity index (χ0) is 13.6. The number of piperidine rings is 2. The van der Waals surface area contributed by atoms with Crippen LogP contribution in [0.4, 0.5) is 5.69 Å². The molecule has 1 aromatic rings. The van der Waals surface area contributed by atoms with E-state index in [1.54, 1.807) is 0 Å². The maximum atomic E-state index is 6.38. The first-order valence-corrected chi connectivity index (χ1v) is 7.79. The van der Waals surface area contributed by atoms with Crippen LogP contribution in [0.25, 0.3) is 0 Å². The van der Waals surface area contributed by atoms with Crippen molar-refractivity contribution in [2.24, 2.45) is 17.6 Å². The Morgan fingerprint density at radius 3 is 2.37 bits per heavy atom. The lowest BCUT2D eigenvalue weighted by Gasteiger charge is -2.49. The molecule has 2 saturated heterocycles. The quantitative estimate of drug-likeness (QED) is 0.858. The van der Waals surface area contributed by atoms with Gasteiger partial charge in [-0.3, -0.25) is 0 Å². The van der Waals surface area contributed by atoms with E-state index in [0.29, 0.717) is 17.9 Å². The largest absolute Gasteiger partial charge is 0.371 e. The third-order valence-corrected chi connectivity index (χ3v) is 5.47. The Kier molecular flexibility index (Phi) is 3.58. The van der Waals surface area contributed by atoms with Crippen molar-refractivity contribution >= 4 is 21.6 Å². The van der Waals surface area contributed by atoms with Crippen molar-refractivity contribution in [3.8, 4) is 0 Å². The summed E-state index contributed by atoms with van der Waals surface area (Å²) in [6.07, 6.45) is 0. The lowest BCUT2D eigenvalue weighted by molar-refractivity contribution is 0.107. The summed E-state index contributed by atoms with van der Waals surface area (Å²) in [5.74, 6) is 1.19. The summed E-state index contributed by atoms with van der Waals surface area (Å²) in [6, 6.07) is 7.04. The molecular formula is C15H22BrN3. The molecule has 104 valence electrons. The molecule has 0 spiro atoms. The molecule has 2 aliphatic rings. The predicted octanol–water partition coefficient (Wildman–Crippen LogP) is 2.08. The number of fused-ring (bicyclic) bond motifs is 2.